The van der Waals surface area contributed by atoms with Crippen LogP contribution >= 0.6 is 0 Å². The van der Waals surface area contributed by atoms with E-state index in [0.717, 1.165) is 38.5 Å². The van der Waals surface area contributed by atoms with Crippen LogP contribution in [0.4, 0.5) is 0 Å². The molecule has 3 radical (unpaired) electrons. The molecule has 10 heteroatoms. The maximum atomic E-state index is 11.1. The first-order valence-corrected chi connectivity index (χ1v) is 13.4. The Labute approximate surface area is 247 Å². The van der Waals surface area contributed by atoms with Gasteiger partial charge >= 0.3 is 0 Å². The van der Waals surface area contributed by atoms with Crippen molar-refractivity contribution in [1.29, 1.82) is 0 Å². The fourth-order valence-corrected chi connectivity index (χ4v) is 3.51. The zero-order valence-electron chi connectivity index (χ0n) is 24.5. The van der Waals surface area contributed by atoms with Gasteiger partial charge in [0.25, 0.3) is 0 Å². The summed E-state index contributed by atoms with van der Waals surface area (Å²) in [5, 5.41) is 28.0. The molecule has 0 amide bonds. The summed E-state index contributed by atoms with van der Waals surface area (Å²) in [7, 11) is 0. The van der Waals surface area contributed by atoms with Crippen molar-refractivity contribution in [1.82, 2.24) is 0 Å². The summed E-state index contributed by atoms with van der Waals surface area (Å²) >= 11 is 0. The molecule has 40 heavy (non-hydrogen) atoms. The number of rotatable bonds is 9. The predicted octanol–water partition coefficient (Wildman–Crippen LogP) is 5.61. The van der Waals surface area contributed by atoms with E-state index >= 15 is 0 Å². The third-order valence-electron chi connectivity index (χ3n) is 5.62. The van der Waals surface area contributed by atoms with Gasteiger partial charge in [0.2, 0.25) is 33.5 Å². The molecule has 0 fully saturated rings. The minimum atomic E-state index is -0.352. The summed E-state index contributed by atoms with van der Waals surface area (Å²) in [6.07, 6.45) is 7.66. The van der Waals surface area contributed by atoms with E-state index in [4.69, 9.17) is 13.3 Å². The summed E-state index contributed by atoms with van der Waals surface area (Å²) in [5.41, 5.74) is -1.06. The van der Waals surface area contributed by atoms with Crippen LogP contribution in [-0.4, -0.2) is 35.1 Å². The van der Waals surface area contributed by atoms with Crippen molar-refractivity contribution in [3.8, 4) is 17.2 Å². The van der Waals surface area contributed by atoms with E-state index in [1.807, 2.05) is 20.8 Å². The van der Waals surface area contributed by atoms with Gasteiger partial charge in [0.15, 0.2) is 0 Å². The number of unbranched alkanes of at least 4 members (excludes halogenated alkanes) is 3. The molecule has 3 rings (SSSR count). The third-order valence-corrected chi connectivity index (χ3v) is 5.62. The van der Waals surface area contributed by atoms with Gasteiger partial charge in [-0.15, -0.1) is 0 Å². The molecule has 3 aromatic rings. The molecule has 0 aromatic carbocycles. The predicted molar refractivity (Wildman–Crippen MR) is 156 cm³/mol. The third kappa shape index (κ3) is 12.4. The second-order valence-corrected chi connectivity index (χ2v) is 9.29. The Morgan fingerprint density at radius 2 is 0.750 bits per heavy atom. The molecule has 219 valence electrons. The minimum Gasteiger partial charge on any atom is -0.502 e. The van der Waals surface area contributed by atoms with Crippen molar-refractivity contribution in [2.75, 3.05) is 0 Å². The fourth-order valence-electron chi connectivity index (χ4n) is 3.51. The fraction of sp³-hybridized carbons (Fsp3) is 0.500. The average Bonchev–Trinajstić information content (AvgIpc) is 2.88. The van der Waals surface area contributed by atoms with Crippen LogP contribution in [0.2, 0.25) is 0 Å². The number of hydrogen-bond acceptors (Lipinski definition) is 9. The number of hydrogen-bond donors (Lipinski definition) is 3. The van der Waals surface area contributed by atoms with Gasteiger partial charge in [-0.3, -0.25) is 14.4 Å². The van der Waals surface area contributed by atoms with Gasteiger partial charge in [-0.2, -0.15) is 0 Å². The summed E-state index contributed by atoms with van der Waals surface area (Å²) in [5.74, 6) is 2.17. The van der Waals surface area contributed by atoms with Crippen LogP contribution < -0.4 is 16.3 Å². The van der Waals surface area contributed by atoms with E-state index in [1.54, 1.807) is 20.8 Å². The summed E-state index contributed by atoms with van der Waals surface area (Å²) in [6.45, 7) is 11.3. The first-order valence-electron chi connectivity index (χ1n) is 13.4. The summed E-state index contributed by atoms with van der Waals surface area (Å²) in [4.78, 5) is 33.3. The van der Waals surface area contributed by atoms with E-state index < -0.39 is 0 Å². The molecule has 0 aliphatic carbocycles. The molecule has 0 saturated carbocycles. The Hall–Kier alpha value is -3.11. The molecular formula is C30H42GaO9. The van der Waals surface area contributed by atoms with Crippen LogP contribution in [0.3, 0.4) is 0 Å². The molecule has 0 unspecified atom stereocenters. The molecule has 0 atom stereocenters. The average molecular weight is 616 g/mol. The molecule has 0 aliphatic heterocycles. The molecule has 9 nitrogen and oxygen atoms in total. The molecule has 0 aliphatic rings. The zero-order chi connectivity index (χ0) is 29.5. The monoisotopic (exact) mass is 615 g/mol. The Morgan fingerprint density at radius 1 is 0.525 bits per heavy atom. The zero-order valence-corrected chi connectivity index (χ0v) is 26.9. The Bertz CT molecular complexity index is 1190. The van der Waals surface area contributed by atoms with Crippen LogP contribution in [0.5, 0.6) is 17.2 Å². The first-order chi connectivity index (χ1) is 18.4. The molecule has 3 heterocycles. The SMILES string of the molecule is CCCCc1oc(C)cc(=O)c1O.CCCCc1oc(C)cc(=O)c1O.CCCCc1oc(C)cc(=O)c1O.[Ga]. The van der Waals surface area contributed by atoms with Crippen LogP contribution in [0.25, 0.3) is 0 Å². The van der Waals surface area contributed by atoms with Gasteiger partial charge in [-0.05, 0) is 40.0 Å². The molecule has 3 aromatic heterocycles. The Balaban J connectivity index is 0.000000563. The smallest absolute Gasteiger partial charge is 0.227 e. The van der Waals surface area contributed by atoms with Crippen LogP contribution in [0.1, 0.15) is 93.9 Å². The maximum absolute atomic E-state index is 11.1. The van der Waals surface area contributed by atoms with Crippen molar-refractivity contribution in [2.45, 2.75) is 99.3 Å². The van der Waals surface area contributed by atoms with E-state index in [9.17, 15) is 29.7 Å². The topological polar surface area (TPSA) is 151 Å². The maximum Gasteiger partial charge on any atom is 0.227 e. The van der Waals surface area contributed by atoms with Crippen molar-refractivity contribution in [2.24, 2.45) is 0 Å². The summed E-state index contributed by atoms with van der Waals surface area (Å²) < 4.78 is 15.7. The normalized spacial score (nSPS) is 10.1. The van der Waals surface area contributed by atoms with Gasteiger partial charge in [0.05, 0.1) is 0 Å². The van der Waals surface area contributed by atoms with E-state index in [-0.39, 0.29) is 53.3 Å². The van der Waals surface area contributed by atoms with Gasteiger partial charge in [-0.25, -0.2) is 0 Å². The number of aromatic hydroxyl groups is 3. The molecule has 3 N–H and O–H groups in total. The van der Waals surface area contributed by atoms with Gasteiger partial charge in [0.1, 0.15) is 34.6 Å². The van der Waals surface area contributed by atoms with Crippen LogP contribution in [0, 0.1) is 20.8 Å². The standard InChI is InChI=1S/3C10H14O3.Ga/c3*1-3-4-5-9-10(12)8(11)6-7(2)13-9;/h3*6,12H,3-5H2,1-2H3;. The van der Waals surface area contributed by atoms with Crippen molar-refractivity contribution < 1.29 is 28.6 Å². The van der Waals surface area contributed by atoms with E-state index in [0.29, 0.717) is 53.8 Å². The molecule has 0 spiro atoms. The van der Waals surface area contributed by atoms with Gasteiger partial charge < -0.3 is 28.6 Å². The second kappa shape index (κ2) is 19.0. The molecular weight excluding hydrogens is 574 g/mol. The van der Waals surface area contributed by atoms with Crippen molar-refractivity contribution in [3.05, 3.63) is 83.4 Å². The Kier molecular flexibility index (Phi) is 17.6. The summed E-state index contributed by atoms with van der Waals surface area (Å²) in [6, 6.07) is 3.89. The molecule has 0 bridgehead atoms. The van der Waals surface area contributed by atoms with E-state index in [1.165, 1.54) is 18.2 Å². The first kappa shape index (κ1) is 36.9. The number of aryl methyl sites for hydroxylation is 6. The Morgan fingerprint density at radius 3 is 0.950 bits per heavy atom. The van der Waals surface area contributed by atoms with Gasteiger partial charge in [0, 0.05) is 57.3 Å². The van der Waals surface area contributed by atoms with Crippen LogP contribution in [-0.2, 0) is 19.3 Å². The molecule has 0 saturated heterocycles. The largest absolute Gasteiger partial charge is 0.502 e. The second-order valence-electron chi connectivity index (χ2n) is 9.29. The van der Waals surface area contributed by atoms with Crippen LogP contribution in [0.15, 0.2) is 45.8 Å². The quantitative estimate of drug-likeness (QED) is 0.261. The van der Waals surface area contributed by atoms with Crippen molar-refractivity contribution >= 4 is 19.8 Å². The van der Waals surface area contributed by atoms with E-state index in [2.05, 4.69) is 0 Å². The van der Waals surface area contributed by atoms with Crippen molar-refractivity contribution in [3.63, 3.8) is 0 Å². The van der Waals surface area contributed by atoms with Gasteiger partial charge in [-0.1, -0.05) is 40.0 Å². The minimum absolute atomic E-state index is 0.